The molecule has 84 valence electrons. The Morgan fingerprint density at radius 3 is 2.14 bits per heavy atom. The highest BCUT2D eigenvalue weighted by molar-refractivity contribution is 5.83. The van der Waals surface area contributed by atoms with Crippen molar-refractivity contribution in [3.63, 3.8) is 0 Å². The van der Waals surface area contributed by atoms with E-state index in [2.05, 4.69) is 13.8 Å². The molecule has 0 aliphatic heterocycles. The van der Waals surface area contributed by atoms with Crippen molar-refractivity contribution in [3.8, 4) is 0 Å². The average Bonchev–Trinajstić information content (AvgIpc) is 2.00. The zero-order valence-corrected chi connectivity index (χ0v) is 10.1. The summed E-state index contributed by atoms with van der Waals surface area (Å²) < 4.78 is 0. The fourth-order valence-corrected chi connectivity index (χ4v) is 1.30. The van der Waals surface area contributed by atoms with E-state index in [-0.39, 0.29) is 11.2 Å². The number of aliphatic hydroxyl groups is 1. The highest BCUT2D eigenvalue weighted by atomic mass is 16.3. The number of carbonyl (C=O) groups is 1. The van der Waals surface area contributed by atoms with Gasteiger partial charge in [0.1, 0.15) is 6.10 Å². The molecule has 0 aliphatic carbocycles. The summed E-state index contributed by atoms with van der Waals surface area (Å²) >= 11 is 0. The lowest BCUT2D eigenvalue weighted by atomic mass is 9.85. The first-order chi connectivity index (χ1) is 6.25. The standard InChI is InChI=1S/C12H24O2/c1-9(2)7-6-8-10(13)11(14)12(3,4)5/h9,11,14H,6-8H2,1-5H3. The van der Waals surface area contributed by atoms with E-state index < -0.39 is 6.10 Å². The zero-order valence-electron chi connectivity index (χ0n) is 10.1. The van der Waals surface area contributed by atoms with Gasteiger partial charge in [0, 0.05) is 6.42 Å². The van der Waals surface area contributed by atoms with Crippen molar-refractivity contribution in [1.29, 1.82) is 0 Å². The van der Waals surface area contributed by atoms with Crippen LogP contribution in [0.25, 0.3) is 0 Å². The van der Waals surface area contributed by atoms with Gasteiger partial charge in [-0.25, -0.2) is 0 Å². The summed E-state index contributed by atoms with van der Waals surface area (Å²) in [5, 5.41) is 9.67. The predicted molar refractivity (Wildman–Crippen MR) is 59.2 cm³/mol. The molecule has 0 aliphatic rings. The summed E-state index contributed by atoms with van der Waals surface area (Å²) in [7, 11) is 0. The van der Waals surface area contributed by atoms with Crippen LogP contribution in [0.15, 0.2) is 0 Å². The van der Waals surface area contributed by atoms with E-state index in [4.69, 9.17) is 0 Å². The molecular formula is C12H24O2. The first-order valence-electron chi connectivity index (χ1n) is 5.46. The summed E-state index contributed by atoms with van der Waals surface area (Å²) in [5.41, 5.74) is -0.324. The van der Waals surface area contributed by atoms with Crippen LogP contribution in [0.3, 0.4) is 0 Å². The van der Waals surface area contributed by atoms with Gasteiger partial charge in [-0.2, -0.15) is 0 Å². The molecule has 0 aromatic rings. The van der Waals surface area contributed by atoms with Crippen LogP contribution >= 0.6 is 0 Å². The Kier molecular flexibility index (Phi) is 5.35. The SMILES string of the molecule is CC(C)CCCC(=O)C(O)C(C)(C)C. The Balaban J connectivity index is 3.86. The third-order valence-electron chi connectivity index (χ3n) is 2.33. The first-order valence-corrected chi connectivity index (χ1v) is 5.46. The molecular weight excluding hydrogens is 176 g/mol. The molecule has 2 nitrogen and oxygen atoms in total. The van der Waals surface area contributed by atoms with E-state index in [1.807, 2.05) is 20.8 Å². The quantitative estimate of drug-likeness (QED) is 0.741. The molecule has 0 heterocycles. The normalized spacial score (nSPS) is 14.5. The van der Waals surface area contributed by atoms with Gasteiger partial charge in [0.15, 0.2) is 5.78 Å². The fraction of sp³-hybridized carbons (Fsp3) is 0.917. The summed E-state index contributed by atoms with van der Waals surface area (Å²) in [6.07, 6.45) is 1.65. The van der Waals surface area contributed by atoms with Gasteiger partial charge < -0.3 is 5.11 Å². The minimum absolute atomic E-state index is 0.0156. The van der Waals surface area contributed by atoms with Crippen LogP contribution in [-0.2, 0) is 4.79 Å². The lowest BCUT2D eigenvalue weighted by Gasteiger charge is -2.24. The lowest BCUT2D eigenvalue weighted by molar-refractivity contribution is -0.132. The van der Waals surface area contributed by atoms with E-state index in [0.29, 0.717) is 12.3 Å². The van der Waals surface area contributed by atoms with Crippen LogP contribution < -0.4 is 0 Å². The molecule has 0 aromatic carbocycles. The number of aliphatic hydroxyl groups excluding tert-OH is 1. The molecule has 0 saturated heterocycles. The first kappa shape index (κ1) is 13.6. The van der Waals surface area contributed by atoms with Gasteiger partial charge in [0.05, 0.1) is 0 Å². The van der Waals surface area contributed by atoms with E-state index >= 15 is 0 Å². The van der Waals surface area contributed by atoms with Crippen molar-refractivity contribution in [3.05, 3.63) is 0 Å². The van der Waals surface area contributed by atoms with Gasteiger partial charge in [0.2, 0.25) is 0 Å². The van der Waals surface area contributed by atoms with Gasteiger partial charge in [-0.05, 0) is 17.8 Å². The molecule has 14 heavy (non-hydrogen) atoms. The lowest BCUT2D eigenvalue weighted by Crippen LogP contribution is -2.34. The number of hydrogen-bond acceptors (Lipinski definition) is 2. The summed E-state index contributed by atoms with van der Waals surface area (Å²) in [5.74, 6) is 0.618. The van der Waals surface area contributed by atoms with Crippen LogP contribution in [0.2, 0.25) is 0 Å². The van der Waals surface area contributed by atoms with Crippen molar-refractivity contribution in [2.45, 2.75) is 60.0 Å². The highest BCUT2D eigenvalue weighted by Gasteiger charge is 2.28. The van der Waals surface area contributed by atoms with E-state index in [1.165, 1.54) is 0 Å². The summed E-state index contributed by atoms with van der Waals surface area (Å²) in [6.45, 7) is 9.95. The number of hydrogen-bond donors (Lipinski definition) is 1. The molecule has 0 amide bonds. The number of Topliss-reactive ketones (excluding diaryl/α,β-unsaturated/α-hetero) is 1. The number of rotatable bonds is 5. The largest absolute Gasteiger partial charge is 0.385 e. The van der Waals surface area contributed by atoms with E-state index in [0.717, 1.165) is 12.8 Å². The van der Waals surface area contributed by atoms with Gasteiger partial charge in [0.25, 0.3) is 0 Å². The highest BCUT2D eigenvalue weighted by Crippen LogP contribution is 2.21. The third kappa shape index (κ3) is 5.38. The maximum atomic E-state index is 11.5. The summed E-state index contributed by atoms with van der Waals surface area (Å²) in [4.78, 5) is 11.5. The Bertz CT molecular complexity index is 177. The van der Waals surface area contributed by atoms with Crippen LogP contribution in [-0.4, -0.2) is 17.0 Å². The van der Waals surface area contributed by atoms with E-state index in [1.54, 1.807) is 0 Å². The Morgan fingerprint density at radius 2 is 1.79 bits per heavy atom. The van der Waals surface area contributed by atoms with Gasteiger partial charge in [-0.1, -0.05) is 41.0 Å². The molecule has 0 rings (SSSR count). The fourth-order valence-electron chi connectivity index (χ4n) is 1.30. The molecule has 1 unspecified atom stereocenters. The van der Waals surface area contributed by atoms with Crippen molar-refractivity contribution in [1.82, 2.24) is 0 Å². The third-order valence-corrected chi connectivity index (χ3v) is 2.33. The average molecular weight is 200 g/mol. The van der Waals surface area contributed by atoms with Gasteiger partial charge in [-0.15, -0.1) is 0 Å². The smallest absolute Gasteiger partial charge is 0.161 e. The van der Waals surface area contributed by atoms with Crippen molar-refractivity contribution in [2.24, 2.45) is 11.3 Å². The van der Waals surface area contributed by atoms with Crippen LogP contribution in [0.4, 0.5) is 0 Å². The Morgan fingerprint density at radius 1 is 1.29 bits per heavy atom. The minimum Gasteiger partial charge on any atom is -0.385 e. The Hall–Kier alpha value is -0.370. The molecule has 0 bridgehead atoms. The second kappa shape index (κ2) is 5.50. The molecule has 2 heteroatoms. The second-order valence-corrected chi connectivity index (χ2v) is 5.52. The molecule has 0 aromatic heterocycles. The maximum Gasteiger partial charge on any atom is 0.161 e. The number of ketones is 1. The van der Waals surface area contributed by atoms with Crippen molar-refractivity contribution in [2.75, 3.05) is 0 Å². The molecule has 0 radical (unpaired) electrons. The van der Waals surface area contributed by atoms with Crippen molar-refractivity contribution < 1.29 is 9.90 Å². The van der Waals surface area contributed by atoms with Gasteiger partial charge >= 0.3 is 0 Å². The zero-order chi connectivity index (χ0) is 11.4. The molecule has 0 saturated carbocycles. The van der Waals surface area contributed by atoms with Crippen molar-refractivity contribution >= 4 is 5.78 Å². The minimum atomic E-state index is -0.810. The van der Waals surface area contributed by atoms with Crippen LogP contribution in [0, 0.1) is 11.3 Å². The van der Waals surface area contributed by atoms with Crippen LogP contribution in [0.5, 0.6) is 0 Å². The summed E-state index contributed by atoms with van der Waals surface area (Å²) in [6, 6.07) is 0. The molecule has 1 N–H and O–H groups in total. The van der Waals surface area contributed by atoms with E-state index in [9.17, 15) is 9.90 Å². The number of carbonyl (C=O) groups excluding carboxylic acids is 1. The Labute approximate surface area is 87.7 Å². The monoisotopic (exact) mass is 200 g/mol. The maximum absolute atomic E-state index is 11.5. The molecule has 1 atom stereocenters. The molecule has 0 spiro atoms. The van der Waals surface area contributed by atoms with Gasteiger partial charge in [-0.3, -0.25) is 4.79 Å². The second-order valence-electron chi connectivity index (χ2n) is 5.52. The predicted octanol–water partition coefficient (Wildman–Crippen LogP) is 2.79. The van der Waals surface area contributed by atoms with Crippen LogP contribution in [0.1, 0.15) is 53.9 Å². The molecule has 0 fully saturated rings. The topological polar surface area (TPSA) is 37.3 Å².